The van der Waals surface area contributed by atoms with Crippen LogP contribution in [-0.4, -0.2) is 44.0 Å². The number of nitrogens with zero attached hydrogens (tertiary/aromatic N) is 1. The third-order valence-electron chi connectivity index (χ3n) is 3.68. The third kappa shape index (κ3) is 7.53. The van der Waals surface area contributed by atoms with Crippen molar-refractivity contribution in [3.63, 3.8) is 0 Å². The van der Waals surface area contributed by atoms with Gasteiger partial charge in [-0.15, -0.1) is 11.8 Å². The van der Waals surface area contributed by atoms with E-state index in [-0.39, 0.29) is 18.5 Å². The highest BCUT2D eigenvalue weighted by atomic mass is 35.5. The lowest BCUT2D eigenvalue weighted by molar-refractivity contribution is -0.144. The molecule has 1 atom stereocenters. The van der Waals surface area contributed by atoms with Gasteiger partial charge in [0.05, 0.1) is 13.7 Å². The maximum atomic E-state index is 11.8. The quantitative estimate of drug-likeness (QED) is 0.462. The first-order valence-corrected chi connectivity index (χ1v) is 9.76. The number of halogens is 1. The van der Waals surface area contributed by atoms with Crippen LogP contribution in [0.3, 0.4) is 0 Å². The molecule has 144 valence electrons. The van der Waals surface area contributed by atoms with Crippen LogP contribution < -0.4 is 4.90 Å². The minimum Gasteiger partial charge on any atom is -0.468 e. The van der Waals surface area contributed by atoms with Gasteiger partial charge in [-0.1, -0.05) is 29.8 Å². The molecule has 2 rings (SSSR count). The van der Waals surface area contributed by atoms with E-state index in [9.17, 15) is 9.59 Å². The van der Waals surface area contributed by atoms with Gasteiger partial charge in [-0.25, -0.2) is 0 Å². The van der Waals surface area contributed by atoms with E-state index in [1.165, 1.54) is 14.0 Å². The van der Waals surface area contributed by atoms with Gasteiger partial charge >= 0.3 is 11.9 Å². The predicted octanol–water partition coefficient (Wildman–Crippen LogP) is 4.04. The van der Waals surface area contributed by atoms with E-state index in [4.69, 9.17) is 21.1 Å². The summed E-state index contributed by atoms with van der Waals surface area (Å²) < 4.78 is 10.3. The lowest BCUT2D eigenvalue weighted by Crippen LogP contribution is -2.39. The fourth-order valence-corrected chi connectivity index (χ4v) is 3.45. The van der Waals surface area contributed by atoms with Crippen molar-refractivity contribution in [2.75, 3.05) is 30.9 Å². The maximum Gasteiger partial charge on any atom is 0.325 e. The highest BCUT2D eigenvalue weighted by Gasteiger charge is 2.20. The van der Waals surface area contributed by atoms with Crippen molar-refractivity contribution in [1.82, 2.24) is 0 Å². The molecule has 0 amide bonds. The smallest absolute Gasteiger partial charge is 0.325 e. The Kier molecular flexibility index (Phi) is 8.48. The van der Waals surface area contributed by atoms with Gasteiger partial charge in [0.1, 0.15) is 12.6 Å². The zero-order valence-corrected chi connectivity index (χ0v) is 16.8. The number of carbonyl (C=O) groups excluding carboxylic acids is 2. The molecule has 0 saturated heterocycles. The molecule has 2 aromatic rings. The number of anilines is 1. The van der Waals surface area contributed by atoms with Crippen molar-refractivity contribution < 1.29 is 19.1 Å². The van der Waals surface area contributed by atoms with Gasteiger partial charge < -0.3 is 14.4 Å². The van der Waals surface area contributed by atoms with Crippen LogP contribution in [0.15, 0.2) is 59.5 Å². The summed E-state index contributed by atoms with van der Waals surface area (Å²) in [6, 6.07) is 17.0. The Labute approximate surface area is 168 Å². The van der Waals surface area contributed by atoms with Crippen molar-refractivity contribution >= 4 is 41.0 Å². The van der Waals surface area contributed by atoms with E-state index in [1.54, 1.807) is 11.8 Å². The molecule has 0 aliphatic heterocycles. The number of para-hydroxylation sites is 1. The van der Waals surface area contributed by atoms with Crippen LogP contribution in [0.25, 0.3) is 0 Å². The van der Waals surface area contributed by atoms with E-state index in [1.807, 2.05) is 59.5 Å². The number of thioether (sulfide) groups is 1. The van der Waals surface area contributed by atoms with Crippen molar-refractivity contribution in [3.8, 4) is 0 Å². The average Bonchev–Trinajstić information content (AvgIpc) is 2.67. The Balaban J connectivity index is 2.10. The predicted molar refractivity (Wildman–Crippen MR) is 108 cm³/mol. The largest absolute Gasteiger partial charge is 0.468 e. The van der Waals surface area contributed by atoms with Crippen molar-refractivity contribution in [1.29, 1.82) is 0 Å². The first-order valence-electron chi connectivity index (χ1n) is 8.40. The van der Waals surface area contributed by atoms with Crippen LogP contribution in [0.5, 0.6) is 0 Å². The highest BCUT2D eigenvalue weighted by Crippen LogP contribution is 2.23. The molecular weight excluding hydrogens is 386 g/mol. The number of benzene rings is 2. The summed E-state index contributed by atoms with van der Waals surface area (Å²) in [4.78, 5) is 26.2. The van der Waals surface area contributed by atoms with Gasteiger partial charge in [-0.2, -0.15) is 0 Å². The third-order valence-corrected chi connectivity index (χ3v) is 5.07. The number of ether oxygens (including phenoxy) is 2. The SMILES string of the molecule is COC(=O)CN(CC(CSc1ccc(Cl)cc1)OC(C)=O)c1ccccc1. The molecule has 0 aliphatic carbocycles. The number of esters is 2. The summed E-state index contributed by atoms with van der Waals surface area (Å²) in [6.07, 6.45) is -0.395. The van der Waals surface area contributed by atoms with Crippen LogP contribution in [0, 0.1) is 0 Å². The van der Waals surface area contributed by atoms with Crippen molar-refractivity contribution in [2.45, 2.75) is 17.9 Å². The van der Waals surface area contributed by atoms with Gasteiger partial charge in [0.2, 0.25) is 0 Å². The molecule has 0 aromatic heterocycles. The molecule has 0 fully saturated rings. The molecule has 0 bridgehead atoms. The number of hydrogen-bond acceptors (Lipinski definition) is 6. The fourth-order valence-electron chi connectivity index (χ4n) is 2.44. The highest BCUT2D eigenvalue weighted by molar-refractivity contribution is 7.99. The average molecular weight is 408 g/mol. The summed E-state index contributed by atoms with van der Waals surface area (Å²) in [5.74, 6) is -0.167. The van der Waals surface area contributed by atoms with Gasteiger partial charge in [-0.3, -0.25) is 9.59 Å². The maximum absolute atomic E-state index is 11.8. The second-order valence-corrected chi connectivity index (χ2v) is 7.32. The summed E-state index contributed by atoms with van der Waals surface area (Å²) in [7, 11) is 1.35. The van der Waals surface area contributed by atoms with Gasteiger partial charge in [0, 0.05) is 28.3 Å². The Morgan fingerprint density at radius 3 is 2.37 bits per heavy atom. The monoisotopic (exact) mass is 407 g/mol. The molecule has 2 aromatic carbocycles. The van der Waals surface area contributed by atoms with Gasteiger partial charge in [0.25, 0.3) is 0 Å². The summed E-state index contributed by atoms with van der Waals surface area (Å²) in [6.45, 7) is 1.83. The van der Waals surface area contributed by atoms with Crippen LogP contribution in [0.2, 0.25) is 5.02 Å². The molecule has 5 nitrogen and oxygen atoms in total. The van der Waals surface area contributed by atoms with Crippen LogP contribution in [0.4, 0.5) is 5.69 Å². The summed E-state index contributed by atoms with van der Waals surface area (Å²) in [5, 5.41) is 0.671. The standard InChI is InChI=1S/C20H22ClNO4S/c1-15(23)26-18(14-27-19-10-8-16(21)9-11-19)12-22(13-20(24)25-2)17-6-4-3-5-7-17/h3-11,18H,12-14H2,1-2H3. The zero-order valence-electron chi connectivity index (χ0n) is 15.3. The van der Waals surface area contributed by atoms with E-state index < -0.39 is 6.10 Å². The van der Waals surface area contributed by atoms with Crippen molar-refractivity contribution in [3.05, 3.63) is 59.6 Å². The van der Waals surface area contributed by atoms with Crippen LogP contribution in [0.1, 0.15) is 6.92 Å². The number of methoxy groups -OCH3 is 1. The van der Waals surface area contributed by atoms with Crippen LogP contribution in [-0.2, 0) is 19.1 Å². The summed E-state index contributed by atoms with van der Waals surface area (Å²) in [5.41, 5.74) is 0.858. The van der Waals surface area contributed by atoms with Gasteiger partial charge in [-0.05, 0) is 36.4 Å². The fraction of sp³-hybridized carbons (Fsp3) is 0.300. The Morgan fingerprint density at radius 2 is 1.78 bits per heavy atom. The molecule has 7 heteroatoms. The lowest BCUT2D eigenvalue weighted by atomic mass is 10.2. The Morgan fingerprint density at radius 1 is 1.11 bits per heavy atom. The van der Waals surface area contributed by atoms with E-state index in [0.717, 1.165) is 10.6 Å². The van der Waals surface area contributed by atoms with Crippen molar-refractivity contribution in [2.24, 2.45) is 0 Å². The molecule has 0 spiro atoms. The molecular formula is C20H22ClNO4S. The van der Waals surface area contributed by atoms with E-state index in [2.05, 4.69) is 0 Å². The normalized spacial score (nSPS) is 11.5. The Bertz CT molecular complexity index is 739. The molecule has 0 saturated carbocycles. The first kappa shape index (κ1) is 21.1. The molecule has 27 heavy (non-hydrogen) atoms. The molecule has 0 aliphatic rings. The molecule has 0 radical (unpaired) electrons. The first-order chi connectivity index (χ1) is 13.0. The summed E-state index contributed by atoms with van der Waals surface area (Å²) >= 11 is 7.48. The molecule has 0 N–H and O–H groups in total. The number of hydrogen-bond donors (Lipinski definition) is 0. The number of rotatable bonds is 9. The minimum absolute atomic E-state index is 0.0733. The van der Waals surface area contributed by atoms with Crippen LogP contribution >= 0.6 is 23.4 Å². The second kappa shape index (κ2) is 10.8. The lowest BCUT2D eigenvalue weighted by Gasteiger charge is -2.28. The molecule has 1 unspecified atom stereocenters. The second-order valence-electron chi connectivity index (χ2n) is 5.79. The number of carbonyl (C=O) groups is 2. The van der Waals surface area contributed by atoms with E-state index >= 15 is 0 Å². The Hall–Kier alpha value is -2.18. The molecule has 0 heterocycles. The topological polar surface area (TPSA) is 55.8 Å². The zero-order chi connectivity index (χ0) is 19.6. The van der Waals surface area contributed by atoms with E-state index in [0.29, 0.717) is 17.3 Å². The minimum atomic E-state index is -0.395. The van der Waals surface area contributed by atoms with Gasteiger partial charge in [0.15, 0.2) is 0 Å².